The molecule has 0 saturated carbocycles. The summed E-state index contributed by atoms with van der Waals surface area (Å²) in [7, 11) is -0.997. The highest BCUT2D eigenvalue weighted by Gasteiger charge is 2.26. The van der Waals surface area contributed by atoms with Crippen LogP contribution in [0.3, 0.4) is 0 Å². The molecule has 1 nitrogen and oxygen atoms in total. The summed E-state index contributed by atoms with van der Waals surface area (Å²) in [5, 5.41) is 0. The first-order chi connectivity index (χ1) is 13.9. The lowest BCUT2D eigenvalue weighted by molar-refractivity contribution is 0.589. The van der Waals surface area contributed by atoms with Gasteiger partial charge in [-0.25, -0.2) is 4.21 Å². The van der Waals surface area contributed by atoms with Crippen LogP contribution in [-0.4, -0.2) is 4.21 Å². The van der Waals surface area contributed by atoms with Crippen molar-refractivity contribution in [1.82, 2.24) is 0 Å². The van der Waals surface area contributed by atoms with Gasteiger partial charge >= 0.3 is 0 Å². The third-order valence-corrected chi connectivity index (χ3v) is 7.78. The fraction of sp³-hybridized carbons (Fsp3) is 0.429. The maximum atomic E-state index is 12.9. The Morgan fingerprint density at radius 2 is 0.900 bits per heavy atom. The fourth-order valence-corrected chi connectivity index (χ4v) is 5.29. The van der Waals surface area contributed by atoms with Crippen LogP contribution in [0.5, 0.6) is 0 Å². The van der Waals surface area contributed by atoms with E-state index in [1.165, 1.54) is 33.4 Å². The minimum absolute atomic E-state index is 0.156. The SMILES string of the molecule is CC1=C(Cc2ccc(C(C)(C)C)cc2)C(Cc2ccc(C(C)(C)C)cc2)=C(C)S1=O. The molecule has 0 fully saturated rings. The average Bonchev–Trinajstić information content (AvgIpc) is 2.86. The zero-order chi connectivity index (χ0) is 22.3. The number of hydrogen-bond donors (Lipinski definition) is 0. The molecule has 2 aromatic carbocycles. The van der Waals surface area contributed by atoms with Crippen molar-refractivity contribution >= 4 is 10.8 Å². The molecule has 0 amide bonds. The Hall–Kier alpha value is -1.93. The van der Waals surface area contributed by atoms with E-state index in [0.29, 0.717) is 0 Å². The van der Waals surface area contributed by atoms with Crippen molar-refractivity contribution < 1.29 is 4.21 Å². The van der Waals surface area contributed by atoms with Gasteiger partial charge in [-0.15, -0.1) is 0 Å². The van der Waals surface area contributed by atoms with E-state index in [1.54, 1.807) is 0 Å². The van der Waals surface area contributed by atoms with Crippen LogP contribution >= 0.6 is 0 Å². The van der Waals surface area contributed by atoms with E-state index in [0.717, 1.165) is 22.7 Å². The van der Waals surface area contributed by atoms with Crippen LogP contribution in [0.1, 0.15) is 77.6 Å². The smallest absolute Gasteiger partial charge is 0.0767 e. The lowest BCUT2D eigenvalue weighted by Crippen LogP contribution is -2.11. The molecule has 0 atom stereocenters. The van der Waals surface area contributed by atoms with Gasteiger partial charge in [0.1, 0.15) is 0 Å². The summed E-state index contributed by atoms with van der Waals surface area (Å²) in [5.74, 6) is 0. The number of rotatable bonds is 4. The second-order valence-corrected chi connectivity index (χ2v) is 12.3. The third kappa shape index (κ3) is 4.86. The Morgan fingerprint density at radius 1 is 0.600 bits per heavy atom. The Kier molecular flexibility index (Phi) is 6.30. The highest BCUT2D eigenvalue weighted by Crippen LogP contribution is 2.37. The number of allylic oxidation sites excluding steroid dienone is 4. The van der Waals surface area contributed by atoms with Crippen LogP contribution in [0.25, 0.3) is 0 Å². The van der Waals surface area contributed by atoms with Gasteiger partial charge in [-0.2, -0.15) is 0 Å². The lowest BCUT2D eigenvalue weighted by Gasteiger charge is -2.20. The first-order valence-corrected chi connectivity index (χ1v) is 12.0. The van der Waals surface area contributed by atoms with Gasteiger partial charge in [0.2, 0.25) is 0 Å². The molecule has 0 N–H and O–H groups in total. The molecular weight excluding hydrogens is 384 g/mol. The van der Waals surface area contributed by atoms with E-state index in [4.69, 9.17) is 0 Å². The zero-order valence-corrected chi connectivity index (χ0v) is 20.7. The minimum Gasteiger partial charge on any atom is -0.250 e. The standard InChI is InChI=1S/C28H36OS/c1-19-25(17-21-9-13-23(14-10-21)27(3,4)5)26(20(2)30(19)29)18-22-11-15-24(16-12-22)28(6,7)8/h9-16H,17-18H2,1-8H3. The average molecular weight is 421 g/mol. The molecule has 3 rings (SSSR count). The van der Waals surface area contributed by atoms with Crippen molar-refractivity contribution in [2.75, 3.05) is 0 Å². The van der Waals surface area contributed by atoms with Crippen molar-refractivity contribution in [3.63, 3.8) is 0 Å². The summed E-state index contributed by atoms with van der Waals surface area (Å²) in [6.45, 7) is 17.5. The van der Waals surface area contributed by atoms with Crippen molar-refractivity contribution in [2.24, 2.45) is 0 Å². The quantitative estimate of drug-likeness (QED) is 0.504. The maximum Gasteiger partial charge on any atom is 0.0767 e. The Labute approximate surface area is 185 Å². The van der Waals surface area contributed by atoms with E-state index in [9.17, 15) is 4.21 Å². The molecule has 0 spiro atoms. The Balaban J connectivity index is 1.86. The van der Waals surface area contributed by atoms with E-state index < -0.39 is 10.8 Å². The summed E-state index contributed by atoms with van der Waals surface area (Å²) in [6, 6.07) is 17.9. The van der Waals surface area contributed by atoms with Gasteiger partial charge in [-0.05, 0) is 70.9 Å². The largest absolute Gasteiger partial charge is 0.250 e. The first kappa shape index (κ1) is 22.7. The second-order valence-electron chi connectivity index (χ2n) is 10.6. The van der Waals surface area contributed by atoms with Crippen LogP contribution in [0, 0.1) is 0 Å². The fourth-order valence-electron chi connectivity index (χ4n) is 3.99. The maximum absolute atomic E-state index is 12.9. The highest BCUT2D eigenvalue weighted by atomic mass is 32.2. The summed E-state index contributed by atoms with van der Waals surface area (Å²) >= 11 is 0. The molecule has 160 valence electrons. The van der Waals surface area contributed by atoms with Gasteiger partial charge in [-0.1, -0.05) is 90.1 Å². The lowest BCUT2D eigenvalue weighted by atomic mass is 9.85. The second kappa shape index (κ2) is 8.30. The van der Waals surface area contributed by atoms with Gasteiger partial charge in [0, 0.05) is 9.81 Å². The van der Waals surface area contributed by atoms with Crippen molar-refractivity contribution in [1.29, 1.82) is 0 Å². The minimum atomic E-state index is -0.997. The van der Waals surface area contributed by atoms with Crippen molar-refractivity contribution in [3.8, 4) is 0 Å². The third-order valence-electron chi connectivity index (χ3n) is 6.17. The van der Waals surface area contributed by atoms with Crippen LogP contribution in [0.15, 0.2) is 69.5 Å². The van der Waals surface area contributed by atoms with Gasteiger partial charge in [0.05, 0.1) is 10.8 Å². The van der Waals surface area contributed by atoms with Gasteiger partial charge in [0.25, 0.3) is 0 Å². The van der Waals surface area contributed by atoms with Crippen LogP contribution in [0.4, 0.5) is 0 Å². The summed E-state index contributed by atoms with van der Waals surface area (Å²) in [6.07, 6.45) is 1.68. The molecular formula is C28H36OS. The van der Waals surface area contributed by atoms with Gasteiger partial charge in [0.15, 0.2) is 0 Å². The van der Waals surface area contributed by atoms with E-state index in [2.05, 4.69) is 90.1 Å². The summed E-state index contributed by atoms with van der Waals surface area (Å²) in [4.78, 5) is 2.04. The van der Waals surface area contributed by atoms with Crippen LogP contribution in [-0.2, 0) is 34.5 Å². The first-order valence-electron chi connectivity index (χ1n) is 10.9. The van der Waals surface area contributed by atoms with Crippen LogP contribution in [0.2, 0.25) is 0 Å². The normalized spacial score (nSPS) is 16.0. The monoisotopic (exact) mass is 420 g/mol. The van der Waals surface area contributed by atoms with E-state index in [1.807, 2.05) is 13.8 Å². The topological polar surface area (TPSA) is 17.1 Å². The predicted molar refractivity (Wildman–Crippen MR) is 131 cm³/mol. The predicted octanol–water partition coefficient (Wildman–Crippen LogP) is 7.38. The number of benzene rings is 2. The molecule has 0 radical (unpaired) electrons. The van der Waals surface area contributed by atoms with Crippen molar-refractivity contribution in [3.05, 3.63) is 91.7 Å². The molecule has 0 saturated heterocycles. The van der Waals surface area contributed by atoms with E-state index >= 15 is 0 Å². The Morgan fingerprint density at radius 3 is 1.17 bits per heavy atom. The highest BCUT2D eigenvalue weighted by molar-refractivity contribution is 7.93. The Bertz CT molecular complexity index is 921. The molecule has 0 unspecified atom stereocenters. The molecule has 0 bridgehead atoms. The van der Waals surface area contributed by atoms with Crippen LogP contribution < -0.4 is 0 Å². The molecule has 2 aromatic rings. The number of hydrogen-bond acceptors (Lipinski definition) is 1. The summed E-state index contributed by atoms with van der Waals surface area (Å²) in [5.41, 5.74) is 8.08. The van der Waals surface area contributed by atoms with Gasteiger partial charge in [-0.3, -0.25) is 0 Å². The van der Waals surface area contributed by atoms with Crippen molar-refractivity contribution in [2.45, 2.75) is 79.1 Å². The molecule has 0 aliphatic carbocycles. The van der Waals surface area contributed by atoms with Gasteiger partial charge < -0.3 is 0 Å². The molecule has 0 aromatic heterocycles. The summed E-state index contributed by atoms with van der Waals surface area (Å²) < 4.78 is 12.9. The van der Waals surface area contributed by atoms with E-state index in [-0.39, 0.29) is 10.8 Å². The molecule has 30 heavy (non-hydrogen) atoms. The zero-order valence-electron chi connectivity index (χ0n) is 19.8. The molecule has 1 heterocycles. The molecule has 1 aliphatic heterocycles. The molecule has 1 aliphatic rings. The molecule has 2 heteroatoms.